The highest BCUT2D eigenvalue weighted by Gasteiger charge is 2.57. The predicted octanol–water partition coefficient (Wildman–Crippen LogP) is 7.79. The average Bonchev–Trinajstić information content (AvgIpc) is 3.60. The van der Waals surface area contributed by atoms with E-state index in [0.717, 1.165) is 10.8 Å². The van der Waals surface area contributed by atoms with Crippen molar-refractivity contribution in [3.63, 3.8) is 0 Å². The van der Waals surface area contributed by atoms with Gasteiger partial charge >= 0.3 is 12.1 Å². The predicted molar refractivity (Wildman–Crippen MR) is 180 cm³/mol. The highest BCUT2D eigenvalue weighted by atomic mass is 19.4. The number of aryl methyl sites for hydroxylation is 3. The number of halogens is 7. The van der Waals surface area contributed by atoms with Crippen molar-refractivity contribution in [2.24, 2.45) is 17.8 Å². The van der Waals surface area contributed by atoms with Gasteiger partial charge in [-0.2, -0.15) is 13.2 Å². The van der Waals surface area contributed by atoms with Crippen LogP contribution in [0.15, 0.2) is 41.3 Å². The average molecular weight is 738 g/mol. The van der Waals surface area contributed by atoms with Crippen LogP contribution >= 0.6 is 0 Å². The molecule has 0 bridgehead atoms. The fourth-order valence-corrected chi connectivity index (χ4v) is 7.34. The largest absolute Gasteiger partial charge is 0.481 e. The van der Waals surface area contributed by atoms with E-state index in [-0.39, 0.29) is 54.3 Å². The lowest BCUT2D eigenvalue weighted by Crippen LogP contribution is -2.49. The van der Waals surface area contributed by atoms with Crippen molar-refractivity contribution in [3.05, 3.63) is 91.9 Å². The number of nitrogens with one attached hydrogen (secondary N) is 1. The van der Waals surface area contributed by atoms with Gasteiger partial charge in [0.1, 0.15) is 17.7 Å². The maximum Gasteiger partial charge on any atom is 0.416 e. The Bertz CT molecular complexity index is 1890. The molecule has 2 N–H and O–H groups in total. The Hall–Kier alpha value is -4.20. The molecule has 1 saturated heterocycles. The highest BCUT2D eigenvalue weighted by molar-refractivity contribution is 5.82. The zero-order valence-electron chi connectivity index (χ0n) is 29.5. The second kappa shape index (κ2) is 14.7. The second-order valence-corrected chi connectivity index (χ2v) is 14.8. The van der Waals surface area contributed by atoms with Gasteiger partial charge in [-0.05, 0) is 103 Å². The third-order valence-corrected chi connectivity index (χ3v) is 9.92. The lowest BCUT2D eigenvalue weighted by molar-refractivity contribution is -0.139. The number of carboxylic acids is 1. The summed E-state index contributed by atoms with van der Waals surface area (Å²) in [5.74, 6) is -7.59. The van der Waals surface area contributed by atoms with Crippen LogP contribution in [-0.4, -0.2) is 52.0 Å². The number of hydrogen-bond acceptors (Lipinski definition) is 4. The summed E-state index contributed by atoms with van der Waals surface area (Å²) in [5, 5.41) is 12.4. The smallest absolute Gasteiger partial charge is 0.416 e. The van der Waals surface area contributed by atoms with Crippen LogP contribution in [-0.2, 0) is 22.2 Å². The van der Waals surface area contributed by atoms with Gasteiger partial charge in [0.2, 0.25) is 5.91 Å². The van der Waals surface area contributed by atoms with E-state index in [0.29, 0.717) is 41.4 Å². The number of nitrogens with zero attached hydrogens (tertiary/aromatic N) is 2. The Morgan fingerprint density at radius 1 is 1.00 bits per heavy atom. The van der Waals surface area contributed by atoms with Crippen LogP contribution in [0, 0.1) is 50.2 Å². The van der Waals surface area contributed by atoms with Crippen molar-refractivity contribution >= 4 is 11.9 Å². The fourth-order valence-electron chi connectivity index (χ4n) is 7.34. The summed E-state index contributed by atoms with van der Waals surface area (Å²) in [6.07, 6.45) is -5.01. The summed E-state index contributed by atoms with van der Waals surface area (Å²) in [6.45, 7) is 9.02. The summed E-state index contributed by atoms with van der Waals surface area (Å²) in [7, 11) is 0. The van der Waals surface area contributed by atoms with Crippen molar-refractivity contribution in [3.8, 4) is 11.1 Å². The number of aliphatic carboxylic acids is 1. The van der Waals surface area contributed by atoms with Gasteiger partial charge in [0, 0.05) is 49.8 Å². The number of carbonyl (C=O) groups is 2. The van der Waals surface area contributed by atoms with Gasteiger partial charge in [0.15, 0.2) is 0 Å². The number of hydrogen-bond donors (Lipinski definition) is 2. The summed E-state index contributed by atoms with van der Waals surface area (Å²) in [6, 6.07) is 3.11. The van der Waals surface area contributed by atoms with Crippen LogP contribution in [0.25, 0.3) is 11.1 Å². The molecule has 282 valence electrons. The number of carbonyl (C=O) groups excluding carboxylic acids is 1. The molecule has 7 nitrogen and oxygen atoms in total. The lowest BCUT2D eigenvalue weighted by Gasteiger charge is -2.40. The van der Waals surface area contributed by atoms with E-state index in [9.17, 15) is 45.8 Å². The first-order valence-electron chi connectivity index (χ1n) is 17.2. The van der Waals surface area contributed by atoms with E-state index >= 15 is 4.39 Å². The molecule has 2 aromatic carbocycles. The van der Waals surface area contributed by atoms with Gasteiger partial charge in [-0.1, -0.05) is 13.8 Å². The molecule has 1 saturated carbocycles. The van der Waals surface area contributed by atoms with Crippen LogP contribution in [0.1, 0.15) is 78.6 Å². The second-order valence-electron chi connectivity index (χ2n) is 14.8. The van der Waals surface area contributed by atoms with Crippen molar-refractivity contribution in [2.45, 2.75) is 84.5 Å². The first-order chi connectivity index (χ1) is 24.1. The molecule has 1 aliphatic heterocycles. The number of rotatable bonds is 13. The Morgan fingerprint density at radius 2 is 1.62 bits per heavy atom. The molecule has 2 aliphatic rings. The minimum atomic E-state index is -4.89. The maximum atomic E-state index is 15.8. The monoisotopic (exact) mass is 737 g/mol. The van der Waals surface area contributed by atoms with Crippen molar-refractivity contribution < 1.29 is 45.4 Å². The van der Waals surface area contributed by atoms with Crippen LogP contribution in [0.2, 0.25) is 0 Å². The quantitative estimate of drug-likeness (QED) is 0.175. The zero-order valence-corrected chi connectivity index (χ0v) is 29.5. The molecule has 14 heteroatoms. The minimum Gasteiger partial charge on any atom is -0.481 e. The number of pyridine rings is 1. The van der Waals surface area contributed by atoms with Crippen molar-refractivity contribution in [2.75, 3.05) is 19.6 Å². The van der Waals surface area contributed by atoms with Crippen LogP contribution < -0.4 is 10.9 Å². The van der Waals surface area contributed by atoms with Crippen LogP contribution in [0.3, 0.4) is 0 Å². The number of aromatic nitrogens is 1. The van der Waals surface area contributed by atoms with E-state index in [1.807, 2.05) is 0 Å². The Morgan fingerprint density at radius 3 is 2.15 bits per heavy atom. The van der Waals surface area contributed by atoms with Gasteiger partial charge < -0.3 is 19.9 Å². The number of alkyl halides is 5. The number of amides is 1. The molecule has 1 aliphatic carbocycles. The molecule has 52 heavy (non-hydrogen) atoms. The molecule has 2 heterocycles. The van der Waals surface area contributed by atoms with Crippen molar-refractivity contribution in [1.82, 2.24) is 14.8 Å². The van der Waals surface area contributed by atoms with Gasteiger partial charge in [-0.25, -0.2) is 17.6 Å². The third kappa shape index (κ3) is 8.70. The van der Waals surface area contributed by atoms with Crippen LogP contribution in [0.5, 0.6) is 0 Å². The summed E-state index contributed by atoms with van der Waals surface area (Å²) in [5.41, 5.74) is -0.415. The number of carboxylic acid groups (broad SMARTS) is 1. The molecule has 0 radical (unpaired) electrons. The van der Waals surface area contributed by atoms with E-state index < -0.39 is 71.2 Å². The van der Waals surface area contributed by atoms with Gasteiger partial charge in [0.05, 0.1) is 18.0 Å². The minimum absolute atomic E-state index is 0.0291. The summed E-state index contributed by atoms with van der Waals surface area (Å²) in [4.78, 5) is 41.2. The first-order valence-corrected chi connectivity index (χ1v) is 17.2. The normalized spacial score (nSPS) is 18.6. The maximum absolute atomic E-state index is 15.8. The van der Waals surface area contributed by atoms with E-state index in [1.165, 1.54) is 31.2 Å². The molecule has 1 unspecified atom stereocenters. The molecule has 1 aromatic heterocycles. The van der Waals surface area contributed by atoms with E-state index in [2.05, 4.69) is 5.32 Å². The summed E-state index contributed by atoms with van der Waals surface area (Å²) < 4.78 is 100. The molecule has 3 aromatic rings. The molecular formula is C38H42F7N3O4. The zero-order chi connectivity index (χ0) is 38.4. The van der Waals surface area contributed by atoms with E-state index in [1.54, 1.807) is 32.6 Å². The number of benzene rings is 2. The van der Waals surface area contributed by atoms with Gasteiger partial charge in [-0.15, -0.1) is 0 Å². The van der Waals surface area contributed by atoms with E-state index in [4.69, 9.17) is 0 Å². The van der Waals surface area contributed by atoms with Crippen LogP contribution in [0.4, 0.5) is 30.7 Å². The van der Waals surface area contributed by atoms with Gasteiger partial charge in [0.25, 0.3) is 11.5 Å². The molecule has 1 amide bonds. The highest BCUT2D eigenvalue weighted by Crippen LogP contribution is 2.49. The fraction of sp³-hybridized carbons (Fsp3) is 0.500. The molecule has 3 atom stereocenters. The standard InChI is InChI=1S/C38H42F7N3O4/c1-19(2)6-31(48-17-25(29(12-32(48)49)38(43,44)45)10-23-15-47(16-23)18-26-14-37(26,41)42)36(52)46-30(13-33(50)51)28-11-24(7-22(5)35(28)40)34-20(3)8-27(39)9-21(34)4/h7-9,11-12,17,19,23,26,30-31H,6,10,13-16,18H2,1-5H3,(H,46,52)(H,50,51)/t26?,30-,31-/m1/s1. The summed E-state index contributed by atoms with van der Waals surface area (Å²) >= 11 is 0. The SMILES string of the molecule is Cc1cc(-c2c(C)cc(F)cc2C)cc([C@@H](CC(=O)O)NC(=O)[C@@H](CC(C)C)n2cc(CC3CN(CC4CC4(F)F)C3)c(C(F)(F)F)cc2=O)c1F. The molecule has 5 rings (SSSR count). The Labute approximate surface area is 296 Å². The Balaban J connectivity index is 1.48. The molecule has 2 fully saturated rings. The number of likely N-dealkylation sites (tertiary alicyclic amines) is 1. The molecule has 0 spiro atoms. The van der Waals surface area contributed by atoms with Gasteiger partial charge in [-0.3, -0.25) is 14.4 Å². The third-order valence-electron chi connectivity index (χ3n) is 9.92. The molecular weight excluding hydrogens is 695 g/mol. The first kappa shape index (κ1) is 39.0. The topological polar surface area (TPSA) is 91.6 Å². The Kier molecular flexibility index (Phi) is 11.0. The van der Waals surface area contributed by atoms with Crippen molar-refractivity contribution in [1.29, 1.82) is 0 Å². The lowest BCUT2D eigenvalue weighted by atomic mass is 9.90.